The fourth-order valence-electron chi connectivity index (χ4n) is 3.28. The molecule has 1 atom stereocenters. The Bertz CT molecular complexity index is 1110. The van der Waals surface area contributed by atoms with Crippen LogP contribution in [0.3, 0.4) is 0 Å². The molecule has 1 aromatic heterocycles. The maximum Gasteiger partial charge on any atom is 0.333 e. The van der Waals surface area contributed by atoms with Crippen LogP contribution >= 0.6 is 0 Å². The number of aryl methyl sites for hydroxylation is 1. The van der Waals surface area contributed by atoms with Gasteiger partial charge in [0, 0.05) is 22.9 Å². The molecular weight excluding hydrogens is 411 g/mol. The van der Waals surface area contributed by atoms with Crippen molar-refractivity contribution in [1.82, 2.24) is 15.1 Å². The molecule has 31 heavy (non-hydrogen) atoms. The second kappa shape index (κ2) is 9.03. The molecule has 0 spiro atoms. The Labute approximate surface area is 176 Å². The van der Waals surface area contributed by atoms with E-state index in [0.29, 0.717) is 28.7 Å². The molecule has 9 heteroatoms. The van der Waals surface area contributed by atoms with E-state index >= 15 is 0 Å². The average molecular weight is 431 g/mol. The molecule has 0 aliphatic rings. The summed E-state index contributed by atoms with van der Waals surface area (Å²) in [4.78, 5) is 25.3. The predicted octanol–water partition coefficient (Wildman–Crippen LogP) is 3.94. The molecule has 2 aromatic carbocycles. The summed E-state index contributed by atoms with van der Waals surface area (Å²) in [5.41, 5.74) is 1.56. The van der Waals surface area contributed by atoms with Crippen molar-refractivity contribution in [3.05, 3.63) is 82.4 Å². The number of ether oxygens (including phenoxy) is 1. The van der Waals surface area contributed by atoms with Crippen LogP contribution in [-0.4, -0.2) is 28.3 Å². The third kappa shape index (κ3) is 4.76. The highest BCUT2D eigenvalue weighted by Gasteiger charge is 2.31. The molecule has 1 heterocycles. The van der Waals surface area contributed by atoms with Crippen LogP contribution in [0.4, 0.5) is 13.2 Å². The third-order valence-corrected chi connectivity index (χ3v) is 4.63. The minimum absolute atomic E-state index is 0.0595. The van der Waals surface area contributed by atoms with Gasteiger partial charge in [-0.1, -0.05) is 0 Å². The molecule has 1 N–H and O–H groups in total. The number of esters is 1. The topological polar surface area (TPSA) is 73.2 Å². The lowest BCUT2D eigenvalue weighted by molar-refractivity contribution is -0.145. The van der Waals surface area contributed by atoms with Crippen LogP contribution in [-0.2, 0) is 9.53 Å². The van der Waals surface area contributed by atoms with Crippen LogP contribution in [0.5, 0.6) is 0 Å². The lowest BCUT2D eigenvalue weighted by Gasteiger charge is -2.18. The van der Waals surface area contributed by atoms with Gasteiger partial charge in [0.25, 0.3) is 5.91 Å². The lowest BCUT2D eigenvalue weighted by atomic mass is 10.0. The van der Waals surface area contributed by atoms with Crippen molar-refractivity contribution < 1.29 is 27.5 Å². The number of halogens is 3. The zero-order valence-electron chi connectivity index (χ0n) is 17.1. The predicted molar refractivity (Wildman–Crippen MR) is 106 cm³/mol. The Morgan fingerprint density at radius 1 is 1.03 bits per heavy atom. The summed E-state index contributed by atoms with van der Waals surface area (Å²) in [7, 11) is 0. The van der Waals surface area contributed by atoms with Gasteiger partial charge in [0.15, 0.2) is 6.04 Å². The monoisotopic (exact) mass is 431 g/mol. The average Bonchev–Trinajstić information content (AvgIpc) is 3.00. The van der Waals surface area contributed by atoms with E-state index in [1.165, 1.54) is 28.9 Å². The van der Waals surface area contributed by atoms with Crippen molar-refractivity contribution in [1.29, 1.82) is 0 Å². The number of benzene rings is 2. The van der Waals surface area contributed by atoms with Crippen molar-refractivity contribution >= 4 is 11.9 Å². The van der Waals surface area contributed by atoms with Gasteiger partial charge in [-0.05, 0) is 57.2 Å². The maximum atomic E-state index is 13.5. The Morgan fingerprint density at radius 2 is 1.65 bits per heavy atom. The number of aromatic nitrogens is 2. The number of rotatable bonds is 6. The van der Waals surface area contributed by atoms with Gasteiger partial charge in [-0.3, -0.25) is 4.79 Å². The first-order valence-electron chi connectivity index (χ1n) is 9.47. The fourth-order valence-corrected chi connectivity index (χ4v) is 3.28. The van der Waals surface area contributed by atoms with E-state index in [1.54, 1.807) is 20.8 Å². The van der Waals surface area contributed by atoms with Crippen LogP contribution in [0, 0.1) is 31.3 Å². The van der Waals surface area contributed by atoms with E-state index in [0.717, 1.165) is 12.1 Å². The van der Waals surface area contributed by atoms with Crippen molar-refractivity contribution in [2.75, 3.05) is 6.61 Å². The molecule has 0 bridgehead atoms. The normalized spacial score (nSPS) is 11.8. The van der Waals surface area contributed by atoms with Gasteiger partial charge in [0.05, 0.1) is 18.0 Å². The second-order valence-electron chi connectivity index (χ2n) is 6.79. The van der Waals surface area contributed by atoms with E-state index < -0.39 is 35.4 Å². The summed E-state index contributed by atoms with van der Waals surface area (Å²) in [5, 5.41) is 6.88. The van der Waals surface area contributed by atoms with Crippen molar-refractivity contribution in [2.24, 2.45) is 0 Å². The first-order valence-corrected chi connectivity index (χ1v) is 9.47. The molecule has 0 fully saturated rings. The third-order valence-electron chi connectivity index (χ3n) is 4.63. The number of hydrogen-bond acceptors (Lipinski definition) is 4. The van der Waals surface area contributed by atoms with Crippen molar-refractivity contribution in [2.45, 2.75) is 26.8 Å². The summed E-state index contributed by atoms with van der Waals surface area (Å²) in [5.74, 6) is -3.87. The van der Waals surface area contributed by atoms with Gasteiger partial charge in [-0.15, -0.1) is 0 Å². The van der Waals surface area contributed by atoms with Crippen LogP contribution in [0.1, 0.15) is 40.3 Å². The molecule has 0 unspecified atom stereocenters. The zero-order valence-corrected chi connectivity index (χ0v) is 17.1. The first-order chi connectivity index (χ1) is 14.7. The van der Waals surface area contributed by atoms with Crippen LogP contribution in [0.15, 0.2) is 42.5 Å². The summed E-state index contributed by atoms with van der Waals surface area (Å²) in [6, 6.07) is 6.68. The zero-order chi connectivity index (χ0) is 22.7. The minimum atomic E-state index is -1.27. The largest absolute Gasteiger partial charge is 0.464 e. The van der Waals surface area contributed by atoms with Gasteiger partial charge < -0.3 is 10.1 Å². The quantitative estimate of drug-likeness (QED) is 0.600. The summed E-state index contributed by atoms with van der Waals surface area (Å²) >= 11 is 0. The van der Waals surface area contributed by atoms with Gasteiger partial charge >= 0.3 is 5.97 Å². The number of amides is 1. The molecule has 3 rings (SSSR count). The van der Waals surface area contributed by atoms with Gasteiger partial charge in [0.1, 0.15) is 17.5 Å². The molecule has 0 saturated carbocycles. The van der Waals surface area contributed by atoms with Crippen molar-refractivity contribution in [3.63, 3.8) is 0 Å². The highest BCUT2D eigenvalue weighted by atomic mass is 19.1. The molecule has 162 valence electrons. The molecule has 0 aliphatic carbocycles. The molecule has 6 nitrogen and oxygen atoms in total. The van der Waals surface area contributed by atoms with Crippen LogP contribution in [0.25, 0.3) is 5.69 Å². The minimum Gasteiger partial charge on any atom is -0.464 e. The van der Waals surface area contributed by atoms with E-state index in [-0.39, 0.29) is 12.2 Å². The van der Waals surface area contributed by atoms with E-state index in [1.807, 2.05) is 0 Å². The number of carbonyl (C=O) groups is 2. The Kier molecular flexibility index (Phi) is 6.43. The first kappa shape index (κ1) is 22.1. The summed E-state index contributed by atoms with van der Waals surface area (Å²) in [6.07, 6.45) is 0. The van der Waals surface area contributed by atoms with Gasteiger partial charge in [0.2, 0.25) is 0 Å². The standard InChI is InChI=1S/C22H20F3N3O3/c1-4-31-22(30)20(26-21(29)14-9-16(24)11-17(25)10-14)19-12(2)27-28(13(19)3)18-7-5-15(23)6-8-18/h5-11,20H,4H2,1-3H3,(H,26,29)/t20-/m0/s1. The number of carbonyl (C=O) groups excluding carboxylic acids is 2. The van der Waals surface area contributed by atoms with E-state index in [4.69, 9.17) is 4.74 Å². The van der Waals surface area contributed by atoms with E-state index in [2.05, 4.69) is 10.4 Å². The smallest absolute Gasteiger partial charge is 0.333 e. The fraction of sp³-hybridized carbons (Fsp3) is 0.227. The summed E-state index contributed by atoms with van der Waals surface area (Å²) in [6.45, 7) is 4.99. The SMILES string of the molecule is CCOC(=O)[C@@H](NC(=O)c1cc(F)cc(F)c1)c1c(C)nn(-c2ccc(F)cc2)c1C. The molecule has 3 aromatic rings. The van der Waals surface area contributed by atoms with Gasteiger partial charge in [-0.2, -0.15) is 5.10 Å². The molecule has 0 aliphatic heterocycles. The summed E-state index contributed by atoms with van der Waals surface area (Å²) < 4.78 is 46.9. The Hall–Kier alpha value is -3.62. The lowest BCUT2D eigenvalue weighted by Crippen LogP contribution is -2.35. The molecular formula is C22H20F3N3O3. The number of nitrogens with zero attached hydrogens (tertiary/aromatic N) is 2. The second-order valence-corrected chi connectivity index (χ2v) is 6.79. The number of hydrogen-bond donors (Lipinski definition) is 1. The van der Waals surface area contributed by atoms with Gasteiger partial charge in [-0.25, -0.2) is 22.6 Å². The Morgan fingerprint density at radius 3 is 2.23 bits per heavy atom. The van der Waals surface area contributed by atoms with Crippen LogP contribution < -0.4 is 5.32 Å². The molecule has 0 radical (unpaired) electrons. The van der Waals surface area contributed by atoms with Crippen molar-refractivity contribution in [3.8, 4) is 5.69 Å². The number of nitrogens with one attached hydrogen (secondary N) is 1. The molecule has 1 amide bonds. The Balaban J connectivity index is 2.02. The maximum absolute atomic E-state index is 13.5. The van der Waals surface area contributed by atoms with E-state index in [9.17, 15) is 22.8 Å². The highest BCUT2D eigenvalue weighted by Crippen LogP contribution is 2.26. The highest BCUT2D eigenvalue weighted by molar-refractivity contribution is 5.97. The van der Waals surface area contributed by atoms with Crippen LogP contribution in [0.2, 0.25) is 0 Å². The molecule has 0 saturated heterocycles.